The first kappa shape index (κ1) is 32.1. The normalized spacial score (nSPS) is 11.9. The lowest BCUT2D eigenvalue weighted by Crippen LogP contribution is -2.19. The second-order valence-electron chi connectivity index (χ2n) is 9.35. The van der Waals surface area contributed by atoms with E-state index in [1.807, 2.05) is 0 Å². The molecule has 0 aromatic carbocycles. The smallest absolute Gasteiger partial charge is 0.157 e. The van der Waals surface area contributed by atoms with Gasteiger partial charge in [-0.25, -0.2) is 0 Å². The molecule has 0 N–H and O–H groups in total. The molecule has 0 aliphatic heterocycles. The lowest BCUT2D eigenvalue weighted by Gasteiger charge is -2.19. The van der Waals surface area contributed by atoms with Crippen LogP contribution in [0.3, 0.4) is 0 Å². The topological polar surface area (TPSA) is 18.5 Å². The van der Waals surface area contributed by atoms with Crippen molar-refractivity contribution in [3.8, 4) is 0 Å². The summed E-state index contributed by atoms with van der Waals surface area (Å²) in [6, 6.07) is 0. The average molecular weight is 518 g/mol. The molecule has 0 amide bonds. The van der Waals surface area contributed by atoms with Gasteiger partial charge in [0.15, 0.2) is 6.29 Å². The summed E-state index contributed by atoms with van der Waals surface area (Å²) in [6.45, 7) is 6.30. The van der Waals surface area contributed by atoms with E-state index in [4.69, 9.17) is 9.47 Å². The highest BCUT2D eigenvalue weighted by Crippen LogP contribution is 2.14. The van der Waals surface area contributed by atoms with Gasteiger partial charge in [0.2, 0.25) is 0 Å². The Labute approximate surface area is 210 Å². The fourth-order valence-electron chi connectivity index (χ4n) is 3.94. The zero-order chi connectivity index (χ0) is 23.4. The van der Waals surface area contributed by atoms with Gasteiger partial charge >= 0.3 is 0 Å². The minimum atomic E-state index is 0.0182. The van der Waals surface area contributed by atoms with Gasteiger partial charge in [-0.2, -0.15) is 0 Å². The number of ether oxygens (including phenoxy) is 2. The van der Waals surface area contributed by atoms with Crippen molar-refractivity contribution in [1.82, 2.24) is 0 Å². The third-order valence-corrected chi connectivity index (χ3v) is 6.65. The molecule has 0 saturated heterocycles. The number of hydrogen-bond acceptors (Lipinski definition) is 2. The predicted molar refractivity (Wildman–Crippen MR) is 147 cm³/mol. The average Bonchev–Trinajstić information content (AvgIpc) is 2.80. The lowest BCUT2D eigenvalue weighted by atomic mass is 10.1. The summed E-state index contributed by atoms with van der Waals surface area (Å²) in [4.78, 5) is 0. The largest absolute Gasteiger partial charge is 0.353 e. The van der Waals surface area contributed by atoms with Crippen molar-refractivity contribution in [3.05, 3.63) is 12.2 Å². The van der Waals surface area contributed by atoms with Crippen LogP contribution in [0.5, 0.6) is 0 Å². The highest BCUT2D eigenvalue weighted by atomic mass is 79.9. The van der Waals surface area contributed by atoms with Crippen LogP contribution in [0.2, 0.25) is 0 Å². The molecule has 0 aliphatic rings. The molecule has 0 aromatic rings. The summed E-state index contributed by atoms with van der Waals surface area (Å²) in [6.07, 6.45) is 31.9. The molecular weight excluding hydrogens is 460 g/mol. The van der Waals surface area contributed by atoms with Crippen LogP contribution in [0, 0.1) is 0 Å². The van der Waals surface area contributed by atoms with Gasteiger partial charge in [-0.3, -0.25) is 0 Å². The van der Waals surface area contributed by atoms with Crippen molar-refractivity contribution >= 4 is 15.9 Å². The number of unbranched alkanes of at least 4 members (excludes halogenated alkanes) is 16. The van der Waals surface area contributed by atoms with Gasteiger partial charge in [0.05, 0.1) is 0 Å². The molecule has 0 bridgehead atoms. The first-order chi connectivity index (χ1) is 15.8. The molecule has 0 radical (unpaired) electrons. The second-order valence-corrected chi connectivity index (χ2v) is 10.1. The molecule has 0 heterocycles. The third-order valence-electron chi connectivity index (χ3n) is 6.08. The van der Waals surface area contributed by atoms with Crippen molar-refractivity contribution in [1.29, 1.82) is 0 Å². The zero-order valence-electron chi connectivity index (χ0n) is 21.9. The molecule has 0 unspecified atom stereocenters. The van der Waals surface area contributed by atoms with E-state index >= 15 is 0 Å². The number of halogens is 1. The molecule has 0 rings (SSSR count). The SMILES string of the molecule is CCCCCCCCCOC(CCCCC/C=C/CCCBr)OCCCCCCCCC. The molecule has 0 aromatic heterocycles. The van der Waals surface area contributed by atoms with Crippen LogP contribution in [0.25, 0.3) is 0 Å². The molecule has 0 atom stereocenters. The van der Waals surface area contributed by atoms with Gasteiger partial charge < -0.3 is 9.47 Å². The number of alkyl halides is 1. The van der Waals surface area contributed by atoms with Crippen LogP contribution in [0.1, 0.15) is 149 Å². The van der Waals surface area contributed by atoms with E-state index in [1.54, 1.807) is 0 Å². The number of hydrogen-bond donors (Lipinski definition) is 0. The Bertz CT molecular complexity index is 339. The van der Waals surface area contributed by atoms with Gasteiger partial charge in [0.25, 0.3) is 0 Å². The fraction of sp³-hybridized carbons (Fsp3) is 0.931. The zero-order valence-corrected chi connectivity index (χ0v) is 23.5. The van der Waals surface area contributed by atoms with Crippen molar-refractivity contribution < 1.29 is 9.47 Å². The lowest BCUT2D eigenvalue weighted by molar-refractivity contribution is -0.148. The standard InChI is InChI=1S/C29H57BrO2/c1-3-5-7-9-15-19-23-27-31-29(32-28-24-20-16-10-8-6-4-2)25-21-17-13-11-12-14-18-22-26-30/h12,14,29H,3-11,13,15-28H2,1-2H3/b14-12+. The molecule has 192 valence electrons. The van der Waals surface area contributed by atoms with Gasteiger partial charge in [0, 0.05) is 18.5 Å². The molecule has 2 nitrogen and oxygen atoms in total. The summed E-state index contributed by atoms with van der Waals surface area (Å²) in [5.74, 6) is 0. The van der Waals surface area contributed by atoms with Crippen molar-refractivity contribution in [2.45, 2.75) is 155 Å². The number of rotatable bonds is 27. The maximum atomic E-state index is 6.16. The third kappa shape index (κ3) is 26.4. The molecule has 0 aliphatic carbocycles. The van der Waals surface area contributed by atoms with E-state index in [1.165, 1.54) is 128 Å². The molecule has 32 heavy (non-hydrogen) atoms. The van der Waals surface area contributed by atoms with E-state index in [9.17, 15) is 0 Å². The minimum Gasteiger partial charge on any atom is -0.353 e. The summed E-state index contributed by atoms with van der Waals surface area (Å²) in [5, 5.41) is 1.11. The van der Waals surface area contributed by atoms with Crippen LogP contribution in [0.4, 0.5) is 0 Å². The molecule has 0 fully saturated rings. The van der Waals surface area contributed by atoms with E-state index < -0.39 is 0 Å². The second kappa shape index (κ2) is 29.2. The van der Waals surface area contributed by atoms with Crippen LogP contribution in [-0.4, -0.2) is 24.8 Å². The molecule has 0 spiro atoms. The monoisotopic (exact) mass is 516 g/mol. The Hall–Kier alpha value is 0.140. The molecule has 0 saturated carbocycles. The summed E-state index contributed by atoms with van der Waals surface area (Å²) < 4.78 is 12.3. The maximum Gasteiger partial charge on any atom is 0.157 e. The van der Waals surface area contributed by atoms with E-state index in [0.29, 0.717) is 0 Å². The van der Waals surface area contributed by atoms with Crippen LogP contribution in [-0.2, 0) is 9.47 Å². The Morgan fingerprint density at radius 1 is 0.531 bits per heavy atom. The first-order valence-corrected chi connectivity index (χ1v) is 15.4. The van der Waals surface area contributed by atoms with Crippen LogP contribution in [0.15, 0.2) is 12.2 Å². The molecular formula is C29H57BrO2. The predicted octanol–water partition coefficient (Wildman–Crippen LogP) is 10.5. The Balaban J connectivity index is 3.89. The van der Waals surface area contributed by atoms with E-state index in [-0.39, 0.29) is 6.29 Å². The van der Waals surface area contributed by atoms with Crippen LogP contribution >= 0.6 is 15.9 Å². The quantitative estimate of drug-likeness (QED) is 0.0467. The van der Waals surface area contributed by atoms with Gasteiger partial charge in [-0.05, 0) is 51.4 Å². The van der Waals surface area contributed by atoms with Crippen molar-refractivity contribution in [2.24, 2.45) is 0 Å². The maximum absolute atomic E-state index is 6.16. The Morgan fingerprint density at radius 3 is 1.47 bits per heavy atom. The van der Waals surface area contributed by atoms with Crippen molar-refractivity contribution in [3.63, 3.8) is 0 Å². The van der Waals surface area contributed by atoms with Gasteiger partial charge in [-0.15, -0.1) is 0 Å². The summed E-state index contributed by atoms with van der Waals surface area (Å²) >= 11 is 3.49. The van der Waals surface area contributed by atoms with E-state index in [2.05, 4.69) is 41.9 Å². The fourth-order valence-corrected chi connectivity index (χ4v) is 4.27. The summed E-state index contributed by atoms with van der Waals surface area (Å²) in [7, 11) is 0. The highest BCUT2D eigenvalue weighted by Gasteiger charge is 2.09. The van der Waals surface area contributed by atoms with Gasteiger partial charge in [0.1, 0.15) is 0 Å². The Kier molecular flexibility index (Phi) is 29.3. The van der Waals surface area contributed by atoms with Crippen molar-refractivity contribution in [2.75, 3.05) is 18.5 Å². The number of allylic oxidation sites excluding steroid dienone is 2. The minimum absolute atomic E-state index is 0.0182. The van der Waals surface area contributed by atoms with Crippen LogP contribution < -0.4 is 0 Å². The Morgan fingerprint density at radius 2 is 0.969 bits per heavy atom. The highest BCUT2D eigenvalue weighted by molar-refractivity contribution is 9.09. The summed E-state index contributed by atoms with van der Waals surface area (Å²) in [5.41, 5.74) is 0. The van der Waals surface area contributed by atoms with Gasteiger partial charge in [-0.1, -0.05) is 125 Å². The van der Waals surface area contributed by atoms with E-state index in [0.717, 1.165) is 25.0 Å². The first-order valence-electron chi connectivity index (χ1n) is 14.3. The molecule has 3 heteroatoms.